The standard InChI is InChI=1S/C21H14F3N7/c1-11-3-2-4-17(28-11)19-14(10-26-30-19)15-5-6-16-18(29-15)7-12(8-25-16)13-9-27-31-20(13)21(22,23)24/h2-10H,1H3,(H,26,30)(H,27,31). The monoisotopic (exact) mass is 421 g/mol. The fraction of sp³-hybridized carbons (Fsp3) is 0.0952. The molecule has 0 bridgehead atoms. The van der Waals surface area contributed by atoms with Crippen molar-refractivity contribution in [3.63, 3.8) is 0 Å². The second kappa shape index (κ2) is 7.01. The fourth-order valence-corrected chi connectivity index (χ4v) is 3.38. The summed E-state index contributed by atoms with van der Waals surface area (Å²) in [5.41, 5.74) is 3.88. The minimum atomic E-state index is -4.55. The summed E-state index contributed by atoms with van der Waals surface area (Å²) in [6.07, 6.45) is -0.401. The van der Waals surface area contributed by atoms with E-state index in [2.05, 4.69) is 30.2 Å². The van der Waals surface area contributed by atoms with Gasteiger partial charge in [0.2, 0.25) is 0 Å². The zero-order valence-corrected chi connectivity index (χ0v) is 16.1. The lowest BCUT2D eigenvalue weighted by atomic mass is 10.1. The van der Waals surface area contributed by atoms with Crippen LogP contribution in [0.4, 0.5) is 13.2 Å². The highest BCUT2D eigenvalue weighted by Gasteiger charge is 2.36. The van der Waals surface area contributed by atoms with Gasteiger partial charge in [-0.05, 0) is 37.3 Å². The average Bonchev–Trinajstić information content (AvgIpc) is 3.42. The maximum atomic E-state index is 13.2. The van der Waals surface area contributed by atoms with E-state index >= 15 is 0 Å². The number of hydrogen-bond acceptors (Lipinski definition) is 5. The molecule has 0 aliphatic carbocycles. The van der Waals surface area contributed by atoms with Gasteiger partial charge >= 0.3 is 6.18 Å². The number of aryl methyl sites for hydroxylation is 1. The molecule has 0 spiro atoms. The van der Waals surface area contributed by atoms with E-state index in [1.54, 1.807) is 24.4 Å². The maximum absolute atomic E-state index is 13.2. The van der Waals surface area contributed by atoms with Crippen molar-refractivity contribution in [2.24, 2.45) is 0 Å². The van der Waals surface area contributed by atoms with Gasteiger partial charge in [0, 0.05) is 28.6 Å². The number of hydrogen-bond donors (Lipinski definition) is 2. The number of H-pyrrole nitrogens is 2. The Morgan fingerprint density at radius 1 is 0.806 bits per heavy atom. The number of alkyl halides is 3. The molecule has 0 aromatic carbocycles. The summed E-state index contributed by atoms with van der Waals surface area (Å²) in [6, 6.07) is 10.8. The number of nitrogens with zero attached hydrogens (tertiary/aromatic N) is 5. The summed E-state index contributed by atoms with van der Waals surface area (Å²) in [7, 11) is 0. The van der Waals surface area contributed by atoms with Gasteiger partial charge in [0.05, 0.1) is 40.5 Å². The zero-order valence-electron chi connectivity index (χ0n) is 16.1. The number of nitrogens with one attached hydrogen (secondary N) is 2. The van der Waals surface area contributed by atoms with Gasteiger partial charge in [0.25, 0.3) is 0 Å². The first-order chi connectivity index (χ1) is 14.9. The van der Waals surface area contributed by atoms with Crippen LogP contribution in [0.1, 0.15) is 11.4 Å². The molecule has 31 heavy (non-hydrogen) atoms. The van der Waals surface area contributed by atoms with E-state index in [1.165, 1.54) is 6.20 Å². The van der Waals surface area contributed by atoms with Crippen molar-refractivity contribution < 1.29 is 13.2 Å². The molecular formula is C21H14F3N7. The van der Waals surface area contributed by atoms with Crippen LogP contribution >= 0.6 is 0 Å². The first-order valence-corrected chi connectivity index (χ1v) is 9.25. The van der Waals surface area contributed by atoms with E-state index in [1.807, 2.05) is 30.2 Å². The minimum Gasteiger partial charge on any atom is -0.276 e. The average molecular weight is 421 g/mol. The predicted octanol–water partition coefficient (Wildman–Crippen LogP) is 4.80. The van der Waals surface area contributed by atoms with Crippen LogP contribution in [0, 0.1) is 6.92 Å². The molecule has 0 amide bonds. The van der Waals surface area contributed by atoms with Gasteiger partial charge in [-0.2, -0.15) is 23.4 Å². The lowest BCUT2D eigenvalue weighted by molar-refractivity contribution is -0.140. The summed E-state index contributed by atoms with van der Waals surface area (Å²) in [4.78, 5) is 13.4. The molecule has 5 aromatic rings. The zero-order chi connectivity index (χ0) is 21.6. The molecule has 0 aliphatic rings. The molecule has 154 valence electrons. The molecule has 5 heterocycles. The molecule has 0 saturated carbocycles. The summed E-state index contributed by atoms with van der Waals surface area (Å²) in [5.74, 6) is 0. The number of halogens is 3. The smallest absolute Gasteiger partial charge is 0.276 e. The summed E-state index contributed by atoms with van der Waals surface area (Å²) >= 11 is 0. The Morgan fingerprint density at radius 3 is 2.42 bits per heavy atom. The molecule has 0 radical (unpaired) electrons. The van der Waals surface area contributed by atoms with Crippen LogP contribution in [-0.4, -0.2) is 35.3 Å². The molecule has 10 heteroatoms. The van der Waals surface area contributed by atoms with Gasteiger partial charge in [-0.15, -0.1) is 0 Å². The topological polar surface area (TPSA) is 96.0 Å². The molecule has 0 fully saturated rings. The SMILES string of the molecule is Cc1cccc(-c2[nH]ncc2-c2ccc3ncc(-c4cn[nH]c4C(F)(F)F)cc3n2)n1. The second-order valence-electron chi connectivity index (χ2n) is 6.94. The highest BCUT2D eigenvalue weighted by molar-refractivity contribution is 5.85. The van der Waals surface area contributed by atoms with Crippen LogP contribution in [0.3, 0.4) is 0 Å². The first kappa shape index (κ1) is 18.9. The van der Waals surface area contributed by atoms with Gasteiger partial charge in [-0.3, -0.25) is 20.2 Å². The lowest BCUT2D eigenvalue weighted by Gasteiger charge is -2.08. The third kappa shape index (κ3) is 3.41. The van der Waals surface area contributed by atoms with Crippen LogP contribution in [-0.2, 0) is 6.18 Å². The Balaban J connectivity index is 1.61. The summed E-state index contributed by atoms with van der Waals surface area (Å²) < 4.78 is 39.7. The van der Waals surface area contributed by atoms with Gasteiger partial charge in [0.15, 0.2) is 0 Å². The van der Waals surface area contributed by atoms with Crippen molar-refractivity contribution in [1.82, 2.24) is 35.3 Å². The molecule has 0 unspecified atom stereocenters. The van der Waals surface area contributed by atoms with Crippen LogP contribution < -0.4 is 0 Å². The molecular weight excluding hydrogens is 407 g/mol. The Morgan fingerprint density at radius 2 is 1.61 bits per heavy atom. The summed E-state index contributed by atoms with van der Waals surface area (Å²) in [5, 5.41) is 12.6. The highest BCUT2D eigenvalue weighted by Crippen LogP contribution is 2.36. The molecule has 5 aromatic heterocycles. The van der Waals surface area contributed by atoms with E-state index < -0.39 is 11.9 Å². The third-order valence-corrected chi connectivity index (χ3v) is 4.83. The second-order valence-corrected chi connectivity index (χ2v) is 6.94. The molecule has 0 atom stereocenters. The predicted molar refractivity (Wildman–Crippen MR) is 108 cm³/mol. The van der Waals surface area contributed by atoms with Crippen molar-refractivity contribution in [1.29, 1.82) is 0 Å². The maximum Gasteiger partial charge on any atom is 0.433 e. The van der Waals surface area contributed by atoms with Crippen LogP contribution in [0.25, 0.3) is 44.8 Å². The van der Waals surface area contributed by atoms with E-state index in [4.69, 9.17) is 0 Å². The van der Waals surface area contributed by atoms with Crippen molar-refractivity contribution in [2.45, 2.75) is 13.1 Å². The Hall–Kier alpha value is -4.08. The van der Waals surface area contributed by atoms with E-state index in [0.29, 0.717) is 22.4 Å². The minimum absolute atomic E-state index is 0.0814. The highest BCUT2D eigenvalue weighted by atomic mass is 19.4. The van der Waals surface area contributed by atoms with Gasteiger partial charge in [0.1, 0.15) is 5.69 Å². The van der Waals surface area contributed by atoms with E-state index in [0.717, 1.165) is 23.1 Å². The van der Waals surface area contributed by atoms with Crippen molar-refractivity contribution in [3.05, 3.63) is 66.4 Å². The number of aromatic nitrogens is 7. The first-order valence-electron chi connectivity index (χ1n) is 9.25. The largest absolute Gasteiger partial charge is 0.433 e. The van der Waals surface area contributed by atoms with Gasteiger partial charge in [-0.1, -0.05) is 6.07 Å². The number of aromatic amines is 2. The third-order valence-electron chi connectivity index (χ3n) is 4.83. The van der Waals surface area contributed by atoms with E-state index in [9.17, 15) is 13.2 Å². The Labute approximate surface area is 173 Å². The molecule has 2 N–H and O–H groups in total. The fourth-order valence-electron chi connectivity index (χ4n) is 3.38. The molecule has 7 nitrogen and oxygen atoms in total. The number of pyridine rings is 3. The molecule has 0 saturated heterocycles. The normalized spacial score (nSPS) is 11.9. The van der Waals surface area contributed by atoms with Crippen molar-refractivity contribution in [2.75, 3.05) is 0 Å². The van der Waals surface area contributed by atoms with Crippen LogP contribution in [0.15, 0.2) is 55.0 Å². The number of fused-ring (bicyclic) bond motifs is 1. The van der Waals surface area contributed by atoms with Crippen molar-refractivity contribution in [3.8, 4) is 33.8 Å². The van der Waals surface area contributed by atoms with Crippen LogP contribution in [0.5, 0.6) is 0 Å². The Bertz CT molecular complexity index is 1400. The van der Waals surface area contributed by atoms with Gasteiger partial charge < -0.3 is 0 Å². The Kier molecular flexibility index (Phi) is 4.28. The quantitative estimate of drug-likeness (QED) is 0.436. The number of rotatable bonds is 3. The van der Waals surface area contributed by atoms with Gasteiger partial charge in [-0.25, -0.2) is 4.98 Å². The molecule has 0 aliphatic heterocycles. The summed E-state index contributed by atoms with van der Waals surface area (Å²) in [6.45, 7) is 1.89. The van der Waals surface area contributed by atoms with Crippen LogP contribution in [0.2, 0.25) is 0 Å². The van der Waals surface area contributed by atoms with E-state index in [-0.39, 0.29) is 11.1 Å². The van der Waals surface area contributed by atoms with Crippen molar-refractivity contribution >= 4 is 11.0 Å². The molecule has 5 rings (SSSR count). The lowest BCUT2D eigenvalue weighted by Crippen LogP contribution is -2.07.